The van der Waals surface area contributed by atoms with Crippen molar-refractivity contribution in [1.29, 1.82) is 0 Å². The minimum Gasteiger partial charge on any atom is -0.474 e. The van der Waals surface area contributed by atoms with Crippen molar-refractivity contribution in [2.45, 2.75) is 56.5 Å². The third-order valence-corrected chi connectivity index (χ3v) is 8.16. The lowest BCUT2D eigenvalue weighted by Gasteiger charge is -2.62. The zero-order valence-corrected chi connectivity index (χ0v) is 18.0. The van der Waals surface area contributed by atoms with Gasteiger partial charge in [0.2, 0.25) is 5.88 Å². The second-order valence-corrected chi connectivity index (χ2v) is 10.9. The summed E-state index contributed by atoms with van der Waals surface area (Å²) in [5, 5.41) is 7.56. The Morgan fingerprint density at radius 3 is 2.34 bits per heavy atom. The second kappa shape index (κ2) is 6.42. The van der Waals surface area contributed by atoms with Gasteiger partial charge in [-0.1, -0.05) is 0 Å². The van der Waals surface area contributed by atoms with Gasteiger partial charge in [-0.05, 0) is 44.6 Å². The van der Waals surface area contributed by atoms with E-state index in [2.05, 4.69) is 15.2 Å². The highest BCUT2D eigenvalue weighted by molar-refractivity contribution is 5.77. The molecule has 4 heterocycles. The Morgan fingerprint density at radius 2 is 1.72 bits per heavy atom. The van der Waals surface area contributed by atoms with Crippen molar-refractivity contribution in [2.24, 2.45) is 10.8 Å². The fraction of sp³-hybridized carbons (Fsp3) is 0.652. The fourth-order valence-electron chi connectivity index (χ4n) is 6.28. The van der Waals surface area contributed by atoms with Gasteiger partial charge in [0.15, 0.2) is 5.82 Å². The molecule has 9 heteroatoms. The molecular formula is C23H27FN6O2. The minimum absolute atomic E-state index is 0.112. The van der Waals surface area contributed by atoms with Crippen LogP contribution in [0.25, 0.3) is 0 Å². The Kier molecular flexibility index (Phi) is 3.78. The molecular weight excluding hydrogens is 411 g/mol. The number of ether oxygens (including phenoxy) is 1. The first-order chi connectivity index (χ1) is 15.5. The summed E-state index contributed by atoms with van der Waals surface area (Å²) < 4.78 is 18.8. The lowest BCUT2D eigenvalue weighted by atomic mass is 9.57. The summed E-state index contributed by atoms with van der Waals surface area (Å²) in [4.78, 5) is 25.5. The fourth-order valence-corrected chi connectivity index (χ4v) is 6.28. The molecule has 2 amide bonds. The van der Waals surface area contributed by atoms with Crippen LogP contribution in [0.15, 0.2) is 18.3 Å². The minimum atomic E-state index is -0.360. The molecule has 3 saturated carbocycles. The van der Waals surface area contributed by atoms with E-state index in [0.717, 1.165) is 63.5 Å². The van der Waals surface area contributed by atoms with Gasteiger partial charge in [-0.2, -0.15) is 5.10 Å². The molecule has 3 aliphatic carbocycles. The van der Waals surface area contributed by atoms with Crippen molar-refractivity contribution < 1.29 is 13.9 Å². The number of pyridine rings is 1. The van der Waals surface area contributed by atoms with Crippen LogP contribution in [-0.2, 0) is 0 Å². The van der Waals surface area contributed by atoms with Crippen molar-refractivity contribution in [1.82, 2.24) is 30.0 Å². The molecule has 0 radical (unpaired) electrons. The molecule has 2 aromatic rings. The summed E-state index contributed by atoms with van der Waals surface area (Å²) in [6, 6.07) is 3.11. The number of aromatic nitrogens is 4. The maximum atomic E-state index is 13.0. The van der Waals surface area contributed by atoms with Gasteiger partial charge in [0.1, 0.15) is 17.7 Å². The maximum Gasteiger partial charge on any atom is 0.320 e. The van der Waals surface area contributed by atoms with Gasteiger partial charge < -0.3 is 14.5 Å². The van der Waals surface area contributed by atoms with Crippen LogP contribution in [0, 0.1) is 16.6 Å². The van der Waals surface area contributed by atoms with Crippen LogP contribution in [0.4, 0.5) is 9.18 Å². The Balaban J connectivity index is 0.852. The lowest BCUT2D eigenvalue weighted by molar-refractivity contribution is -0.118. The standard InChI is InChI=1S/C23H27FN6O2/c24-16-3-4-18(25-9-16)32-17-7-23(8-17)12-30(13-23)21(31)29-10-22(11-29)5-15(6-22)20-26-19(27-28-20)14-1-2-14/h3-4,9,14-15,17H,1-2,5-8,10-13H2,(H,26,27,28). The number of aromatic amines is 1. The largest absolute Gasteiger partial charge is 0.474 e. The first-order valence-electron chi connectivity index (χ1n) is 11.7. The molecule has 2 saturated heterocycles. The van der Waals surface area contributed by atoms with Crippen molar-refractivity contribution in [3.8, 4) is 5.88 Å². The molecule has 1 N–H and O–H groups in total. The number of nitrogens with one attached hydrogen (secondary N) is 1. The second-order valence-electron chi connectivity index (χ2n) is 10.9. The van der Waals surface area contributed by atoms with Crippen LogP contribution >= 0.6 is 0 Å². The summed E-state index contributed by atoms with van der Waals surface area (Å²) in [5.41, 5.74) is 0.496. The summed E-state index contributed by atoms with van der Waals surface area (Å²) in [5.74, 6) is 3.21. The van der Waals surface area contributed by atoms with Gasteiger partial charge in [-0.15, -0.1) is 0 Å². The normalized spacial score (nSPS) is 25.8. The van der Waals surface area contributed by atoms with E-state index in [1.54, 1.807) is 6.07 Å². The van der Waals surface area contributed by atoms with Gasteiger partial charge in [-0.25, -0.2) is 19.2 Å². The predicted molar refractivity (Wildman–Crippen MR) is 112 cm³/mol. The van der Waals surface area contributed by atoms with Crippen LogP contribution < -0.4 is 4.74 Å². The molecule has 5 aliphatic rings. The van der Waals surface area contributed by atoms with Crippen molar-refractivity contribution >= 4 is 6.03 Å². The topological polar surface area (TPSA) is 87.2 Å². The molecule has 32 heavy (non-hydrogen) atoms. The third-order valence-electron chi connectivity index (χ3n) is 8.16. The van der Waals surface area contributed by atoms with E-state index in [1.165, 1.54) is 25.1 Å². The molecule has 168 valence electrons. The number of H-pyrrole nitrogens is 1. The maximum absolute atomic E-state index is 13.0. The Labute approximate surface area is 185 Å². The highest BCUT2D eigenvalue weighted by atomic mass is 19.1. The van der Waals surface area contributed by atoms with Crippen LogP contribution in [0.5, 0.6) is 5.88 Å². The molecule has 2 spiro atoms. The first kappa shape index (κ1) is 18.8. The van der Waals surface area contributed by atoms with Crippen LogP contribution in [0.1, 0.15) is 62.0 Å². The van der Waals surface area contributed by atoms with Crippen LogP contribution in [0.2, 0.25) is 0 Å². The molecule has 0 bridgehead atoms. The number of likely N-dealkylation sites (tertiary alicyclic amines) is 2. The number of urea groups is 1. The average molecular weight is 439 g/mol. The Morgan fingerprint density at radius 1 is 1.03 bits per heavy atom. The first-order valence-corrected chi connectivity index (χ1v) is 11.7. The van der Waals surface area contributed by atoms with Crippen molar-refractivity contribution in [3.63, 3.8) is 0 Å². The summed E-state index contributed by atoms with van der Waals surface area (Å²) in [6.07, 6.45) is 7.81. The smallest absolute Gasteiger partial charge is 0.320 e. The van der Waals surface area contributed by atoms with Crippen molar-refractivity contribution in [3.05, 3.63) is 35.8 Å². The Hall–Kier alpha value is -2.71. The van der Waals surface area contributed by atoms with Gasteiger partial charge >= 0.3 is 6.03 Å². The van der Waals surface area contributed by atoms with E-state index in [9.17, 15) is 9.18 Å². The van der Waals surface area contributed by atoms with E-state index >= 15 is 0 Å². The van der Waals surface area contributed by atoms with E-state index < -0.39 is 0 Å². The van der Waals surface area contributed by atoms with Gasteiger partial charge in [-0.3, -0.25) is 5.10 Å². The number of carbonyl (C=O) groups excluding carboxylic acids is 1. The summed E-state index contributed by atoms with van der Waals surface area (Å²) in [6.45, 7) is 3.37. The number of nitrogens with zero attached hydrogens (tertiary/aromatic N) is 5. The number of rotatable bonds is 4. The molecule has 0 unspecified atom stereocenters. The number of amides is 2. The number of hydrogen-bond acceptors (Lipinski definition) is 5. The zero-order chi connectivity index (χ0) is 21.5. The molecule has 2 aliphatic heterocycles. The third kappa shape index (κ3) is 3.00. The van der Waals surface area contributed by atoms with E-state index in [-0.39, 0.29) is 23.4 Å². The lowest BCUT2D eigenvalue weighted by Crippen LogP contribution is -2.71. The SMILES string of the molecule is O=C(N1CC2(CC(Oc3ccc(F)cn3)C2)C1)N1CC2(CC(c3n[nH]c(C4CC4)n3)C2)C1. The molecule has 5 fully saturated rings. The highest BCUT2D eigenvalue weighted by Crippen LogP contribution is 2.56. The van der Waals surface area contributed by atoms with E-state index in [0.29, 0.717) is 23.1 Å². The number of hydrogen-bond donors (Lipinski definition) is 1. The van der Waals surface area contributed by atoms with Gasteiger partial charge in [0, 0.05) is 54.9 Å². The quantitative estimate of drug-likeness (QED) is 0.793. The van der Waals surface area contributed by atoms with E-state index in [4.69, 9.17) is 9.72 Å². The van der Waals surface area contributed by atoms with Crippen LogP contribution in [0.3, 0.4) is 0 Å². The number of halogens is 1. The molecule has 0 atom stereocenters. The summed E-state index contributed by atoms with van der Waals surface area (Å²) in [7, 11) is 0. The summed E-state index contributed by atoms with van der Waals surface area (Å²) >= 11 is 0. The van der Waals surface area contributed by atoms with Gasteiger partial charge in [0.25, 0.3) is 0 Å². The zero-order valence-electron chi connectivity index (χ0n) is 18.0. The van der Waals surface area contributed by atoms with Crippen LogP contribution in [-0.4, -0.2) is 68.3 Å². The predicted octanol–water partition coefficient (Wildman–Crippen LogP) is 3.06. The monoisotopic (exact) mass is 438 g/mol. The molecule has 8 nitrogen and oxygen atoms in total. The number of carbonyl (C=O) groups is 1. The molecule has 2 aromatic heterocycles. The Bertz CT molecular complexity index is 1040. The molecule has 7 rings (SSSR count). The van der Waals surface area contributed by atoms with Crippen molar-refractivity contribution in [2.75, 3.05) is 26.2 Å². The van der Waals surface area contributed by atoms with E-state index in [1.807, 2.05) is 9.80 Å². The average Bonchev–Trinajstić information content (AvgIpc) is 3.40. The van der Waals surface area contributed by atoms with Gasteiger partial charge in [0.05, 0.1) is 6.20 Å². The molecule has 0 aromatic carbocycles. The highest BCUT2D eigenvalue weighted by Gasteiger charge is 2.59.